The summed E-state index contributed by atoms with van der Waals surface area (Å²) >= 11 is 0. The number of carbonyl (C=O) groups is 1. The van der Waals surface area contributed by atoms with Crippen molar-refractivity contribution >= 4 is 35.8 Å². The molecule has 174 valence electrons. The average Bonchev–Trinajstić information content (AvgIpc) is 2.80. The molecule has 1 amide bonds. The number of amides is 1. The van der Waals surface area contributed by atoms with Crippen molar-refractivity contribution in [2.24, 2.45) is 10.7 Å². The van der Waals surface area contributed by atoms with Crippen LogP contribution in [0.15, 0.2) is 59.6 Å². The summed E-state index contributed by atoms with van der Waals surface area (Å²) in [5.74, 6) is 1.92. The molecule has 0 unspecified atom stereocenters. The zero-order valence-corrected chi connectivity index (χ0v) is 20.7. The van der Waals surface area contributed by atoms with Crippen LogP contribution < -0.4 is 20.5 Å². The van der Waals surface area contributed by atoms with Crippen LogP contribution in [0.4, 0.5) is 0 Å². The Bertz CT molecular complexity index is 858. The second-order valence-corrected chi connectivity index (χ2v) is 7.29. The van der Waals surface area contributed by atoms with Gasteiger partial charge in [0.25, 0.3) is 5.91 Å². The van der Waals surface area contributed by atoms with Crippen LogP contribution in [0, 0.1) is 0 Å². The summed E-state index contributed by atoms with van der Waals surface area (Å²) in [5, 5.41) is 3.41. The molecule has 1 aliphatic rings. The molecule has 0 saturated carbocycles. The number of benzene rings is 2. The molecule has 1 heterocycles. The van der Waals surface area contributed by atoms with Gasteiger partial charge in [-0.2, -0.15) is 0 Å². The number of primary amides is 1. The van der Waals surface area contributed by atoms with Gasteiger partial charge in [-0.25, -0.2) is 0 Å². The molecule has 8 nitrogen and oxygen atoms in total. The zero-order chi connectivity index (χ0) is 21.9. The normalized spacial score (nSPS) is 14.4. The van der Waals surface area contributed by atoms with E-state index >= 15 is 0 Å². The highest BCUT2D eigenvalue weighted by Crippen LogP contribution is 2.13. The molecular weight excluding hydrogens is 521 g/mol. The van der Waals surface area contributed by atoms with Crippen LogP contribution in [0.2, 0.25) is 0 Å². The third kappa shape index (κ3) is 8.54. The van der Waals surface area contributed by atoms with Gasteiger partial charge in [0.2, 0.25) is 0 Å². The monoisotopic (exact) mass is 553 g/mol. The summed E-state index contributed by atoms with van der Waals surface area (Å²) in [4.78, 5) is 20.0. The number of aliphatic imine (C=N–C) groups is 1. The second-order valence-electron chi connectivity index (χ2n) is 7.29. The molecule has 1 fully saturated rings. The molecule has 9 heteroatoms. The number of para-hydroxylation sites is 1. The van der Waals surface area contributed by atoms with E-state index in [1.54, 1.807) is 7.05 Å². The van der Waals surface area contributed by atoms with Crippen LogP contribution in [0.3, 0.4) is 0 Å². The fraction of sp³-hybridized carbons (Fsp3) is 0.391. The molecule has 32 heavy (non-hydrogen) atoms. The van der Waals surface area contributed by atoms with Crippen molar-refractivity contribution in [3.63, 3.8) is 0 Å². The van der Waals surface area contributed by atoms with E-state index in [-0.39, 0.29) is 30.6 Å². The van der Waals surface area contributed by atoms with Crippen LogP contribution in [-0.2, 0) is 11.3 Å². The Morgan fingerprint density at radius 1 is 1.03 bits per heavy atom. The minimum atomic E-state index is -0.491. The predicted molar refractivity (Wildman–Crippen MR) is 137 cm³/mol. The first-order chi connectivity index (χ1) is 15.1. The lowest BCUT2D eigenvalue weighted by Gasteiger charge is -2.36. The minimum Gasteiger partial charge on any atom is -0.492 e. The Morgan fingerprint density at radius 2 is 1.75 bits per heavy atom. The van der Waals surface area contributed by atoms with Crippen molar-refractivity contribution < 1.29 is 14.3 Å². The zero-order valence-electron chi connectivity index (χ0n) is 18.4. The number of guanidine groups is 1. The molecule has 1 aliphatic heterocycles. The van der Waals surface area contributed by atoms with E-state index in [2.05, 4.69) is 20.1 Å². The molecule has 3 N–H and O–H groups in total. The molecular formula is C23H32IN5O3. The third-order valence-electron chi connectivity index (χ3n) is 5.03. The molecule has 1 saturated heterocycles. The van der Waals surface area contributed by atoms with E-state index in [1.807, 2.05) is 54.6 Å². The van der Waals surface area contributed by atoms with Crippen molar-refractivity contribution in [2.45, 2.75) is 6.54 Å². The fourth-order valence-corrected chi connectivity index (χ4v) is 3.41. The third-order valence-corrected chi connectivity index (χ3v) is 5.03. The maximum absolute atomic E-state index is 10.9. The molecule has 0 atom stereocenters. The molecule has 0 aliphatic carbocycles. The van der Waals surface area contributed by atoms with Gasteiger partial charge < -0.3 is 25.4 Å². The highest BCUT2D eigenvalue weighted by atomic mass is 127. The van der Waals surface area contributed by atoms with Gasteiger partial charge in [0.1, 0.15) is 18.1 Å². The number of carbonyl (C=O) groups excluding carboxylic acids is 1. The molecule has 3 rings (SSSR count). The first kappa shape index (κ1) is 25.7. The Hall–Kier alpha value is -2.53. The topological polar surface area (TPSA) is 92.4 Å². The van der Waals surface area contributed by atoms with Gasteiger partial charge in [-0.05, 0) is 29.8 Å². The molecule has 0 bridgehead atoms. The number of ether oxygens (including phenoxy) is 2. The van der Waals surface area contributed by atoms with Crippen LogP contribution >= 0.6 is 24.0 Å². The number of piperazine rings is 1. The Morgan fingerprint density at radius 3 is 2.44 bits per heavy atom. The van der Waals surface area contributed by atoms with E-state index in [1.165, 1.54) is 0 Å². The van der Waals surface area contributed by atoms with E-state index in [0.717, 1.165) is 50.0 Å². The number of nitrogens with zero attached hydrogens (tertiary/aromatic N) is 3. The lowest BCUT2D eigenvalue weighted by atomic mass is 10.2. The van der Waals surface area contributed by atoms with Crippen molar-refractivity contribution in [2.75, 3.05) is 53.0 Å². The summed E-state index contributed by atoms with van der Waals surface area (Å²) in [6, 6.07) is 17.5. The molecule has 2 aromatic rings. The van der Waals surface area contributed by atoms with E-state index in [9.17, 15) is 4.79 Å². The number of nitrogens with one attached hydrogen (secondary N) is 1. The van der Waals surface area contributed by atoms with Gasteiger partial charge in [-0.3, -0.25) is 14.7 Å². The Kier molecular flexibility index (Phi) is 11.1. The maximum atomic E-state index is 10.9. The standard InChI is InChI=1S/C23H31N5O3.HI/c1-25-23(26-17-19-6-5-9-21(16-19)31-18-22(24)29)28-12-10-27(11-13-28)14-15-30-20-7-3-2-4-8-20;/h2-9,16H,10-15,17-18H2,1H3,(H2,24,29)(H,25,26);1H. The van der Waals surface area contributed by atoms with Crippen LogP contribution in [0.1, 0.15) is 5.56 Å². The van der Waals surface area contributed by atoms with Crippen LogP contribution in [0.25, 0.3) is 0 Å². The summed E-state index contributed by atoms with van der Waals surface area (Å²) in [6.45, 7) is 5.84. The molecule has 2 aromatic carbocycles. The van der Waals surface area contributed by atoms with Crippen molar-refractivity contribution in [3.05, 3.63) is 60.2 Å². The summed E-state index contributed by atoms with van der Waals surface area (Å²) in [6.07, 6.45) is 0. The summed E-state index contributed by atoms with van der Waals surface area (Å²) in [7, 11) is 1.80. The van der Waals surface area contributed by atoms with E-state index < -0.39 is 5.91 Å². The maximum Gasteiger partial charge on any atom is 0.255 e. The highest BCUT2D eigenvalue weighted by Gasteiger charge is 2.19. The Labute approximate surface area is 206 Å². The number of hydrogen-bond donors (Lipinski definition) is 2. The van der Waals surface area contributed by atoms with Gasteiger partial charge in [0, 0.05) is 46.3 Å². The lowest BCUT2D eigenvalue weighted by Crippen LogP contribution is -2.52. The van der Waals surface area contributed by atoms with Gasteiger partial charge >= 0.3 is 0 Å². The van der Waals surface area contributed by atoms with Crippen molar-refractivity contribution in [3.8, 4) is 11.5 Å². The Balaban J connectivity index is 0.00000363. The number of halogens is 1. The van der Waals surface area contributed by atoms with Gasteiger partial charge in [0.05, 0.1) is 0 Å². The predicted octanol–water partition coefficient (Wildman–Crippen LogP) is 1.94. The minimum absolute atomic E-state index is 0. The highest BCUT2D eigenvalue weighted by molar-refractivity contribution is 14.0. The van der Waals surface area contributed by atoms with Crippen molar-refractivity contribution in [1.29, 1.82) is 0 Å². The average molecular weight is 553 g/mol. The fourth-order valence-electron chi connectivity index (χ4n) is 3.41. The summed E-state index contributed by atoms with van der Waals surface area (Å²) in [5.41, 5.74) is 6.17. The first-order valence-corrected chi connectivity index (χ1v) is 10.5. The number of hydrogen-bond acceptors (Lipinski definition) is 5. The van der Waals surface area contributed by atoms with Crippen molar-refractivity contribution in [1.82, 2.24) is 15.1 Å². The molecule has 0 aromatic heterocycles. The van der Waals surface area contributed by atoms with Gasteiger partial charge in [-0.15, -0.1) is 24.0 Å². The van der Waals surface area contributed by atoms with Gasteiger partial charge in [-0.1, -0.05) is 30.3 Å². The van der Waals surface area contributed by atoms with Crippen LogP contribution in [0.5, 0.6) is 11.5 Å². The van der Waals surface area contributed by atoms with Gasteiger partial charge in [0.15, 0.2) is 12.6 Å². The number of nitrogens with two attached hydrogens (primary N) is 1. The molecule has 0 spiro atoms. The molecule has 0 radical (unpaired) electrons. The second kappa shape index (κ2) is 13.8. The smallest absolute Gasteiger partial charge is 0.255 e. The van der Waals surface area contributed by atoms with E-state index in [4.69, 9.17) is 15.2 Å². The quantitative estimate of drug-likeness (QED) is 0.280. The number of rotatable bonds is 9. The largest absolute Gasteiger partial charge is 0.492 e. The SMILES string of the molecule is CN=C(NCc1cccc(OCC(N)=O)c1)N1CCN(CCOc2ccccc2)CC1.I. The van der Waals surface area contributed by atoms with E-state index in [0.29, 0.717) is 18.9 Å². The summed E-state index contributed by atoms with van der Waals surface area (Å²) < 4.78 is 11.2. The lowest BCUT2D eigenvalue weighted by molar-refractivity contribution is -0.119. The van der Waals surface area contributed by atoms with Crippen LogP contribution in [-0.4, -0.2) is 74.7 Å². The first-order valence-electron chi connectivity index (χ1n) is 10.5.